The van der Waals surface area contributed by atoms with Crippen LogP contribution in [0.15, 0.2) is 0 Å². The molecule has 1 aliphatic heterocycles. The molecule has 1 saturated heterocycles. The van der Waals surface area contributed by atoms with Gasteiger partial charge in [-0.15, -0.1) is 0 Å². The summed E-state index contributed by atoms with van der Waals surface area (Å²) in [5, 5.41) is 0. The van der Waals surface area contributed by atoms with E-state index in [4.69, 9.17) is 0 Å². The van der Waals surface area contributed by atoms with Crippen LogP contribution in [0.1, 0.15) is 26.2 Å². The van der Waals surface area contributed by atoms with Gasteiger partial charge in [0.2, 0.25) is 10.0 Å². The van der Waals surface area contributed by atoms with Crippen LogP contribution in [0.4, 0.5) is 0 Å². The molecule has 1 aliphatic rings. The maximum atomic E-state index is 11.2. The Bertz CT molecular complexity index is 239. The van der Waals surface area contributed by atoms with Crippen LogP contribution in [-0.4, -0.2) is 32.1 Å². The fourth-order valence-corrected chi connectivity index (χ4v) is 2.60. The molecule has 1 heterocycles. The zero-order chi connectivity index (χ0) is 9.19. The van der Waals surface area contributed by atoms with Gasteiger partial charge in [0.05, 0.1) is 6.26 Å². The van der Waals surface area contributed by atoms with Crippen molar-refractivity contribution < 1.29 is 8.42 Å². The Hall–Kier alpha value is 0.260. The predicted octanol–water partition coefficient (Wildman–Crippen LogP) is 1.18. The van der Waals surface area contributed by atoms with Gasteiger partial charge >= 0.3 is 0 Å². The molecule has 0 saturated carbocycles. The Balaban J connectivity index is 0.00000144. The van der Waals surface area contributed by atoms with Crippen LogP contribution in [0, 0.1) is 5.92 Å². The largest absolute Gasteiger partial charge is 0.213 e. The van der Waals surface area contributed by atoms with Gasteiger partial charge in [-0.3, -0.25) is 0 Å². The van der Waals surface area contributed by atoms with Gasteiger partial charge in [0.1, 0.15) is 0 Å². The highest BCUT2D eigenvalue weighted by Crippen LogP contribution is 2.20. The topological polar surface area (TPSA) is 37.4 Å². The number of rotatable bonds is 2. The fourth-order valence-electron chi connectivity index (χ4n) is 1.66. The van der Waals surface area contributed by atoms with E-state index in [0.717, 1.165) is 25.9 Å². The fraction of sp³-hybridized carbons (Fsp3) is 1.00. The first kappa shape index (κ1) is 13.3. The highest BCUT2D eigenvalue weighted by Gasteiger charge is 2.24. The molecule has 1 atom stereocenters. The van der Waals surface area contributed by atoms with Crippen molar-refractivity contribution in [3.63, 3.8) is 0 Å². The van der Waals surface area contributed by atoms with Crippen LogP contribution in [0.25, 0.3) is 0 Å². The average Bonchev–Trinajstić information content (AvgIpc) is 2.03. The summed E-state index contributed by atoms with van der Waals surface area (Å²) in [6.07, 6.45) is 4.59. The summed E-state index contributed by atoms with van der Waals surface area (Å²) < 4.78 is 23.9. The average molecular weight is 225 g/mol. The number of hydrogen-bond acceptors (Lipinski definition) is 2. The van der Waals surface area contributed by atoms with Crippen molar-refractivity contribution in [2.24, 2.45) is 5.92 Å². The lowest BCUT2D eigenvalue weighted by atomic mass is 9.97. The molecule has 1 fully saturated rings. The number of nitrogens with zero attached hydrogens (tertiary/aromatic N) is 1. The lowest BCUT2D eigenvalue weighted by Crippen LogP contribution is -2.38. The van der Waals surface area contributed by atoms with Gasteiger partial charge in [-0.2, -0.15) is 13.5 Å². The third-order valence-corrected chi connectivity index (χ3v) is 3.80. The van der Waals surface area contributed by atoms with Crippen molar-refractivity contribution in [2.75, 3.05) is 19.3 Å². The molecule has 1 rings (SSSR count). The normalized spacial score (nSPS) is 25.2. The Kier molecular flexibility index (Phi) is 5.32. The van der Waals surface area contributed by atoms with Gasteiger partial charge in [-0.1, -0.05) is 13.3 Å². The first-order valence-electron chi connectivity index (χ1n) is 4.49. The molecule has 0 amide bonds. The van der Waals surface area contributed by atoms with Crippen molar-refractivity contribution in [3.8, 4) is 0 Å². The van der Waals surface area contributed by atoms with E-state index in [1.807, 2.05) is 0 Å². The Morgan fingerprint density at radius 2 is 2.08 bits per heavy atom. The lowest BCUT2D eigenvalue weighted by molar-refractivity contribution is 0.263. The lowest BCUT2D eigenvalue weighted by Gasteiger charge is -2.30. The molecule has 3 nitrogen and oxygen atoms in total. The smallest absolute Gasteiger partial charge is 0.211 e. The minimum atomic E-state index is -2.94. The summed E-state index contributed by atoms with van der Waals surface area (Å²) in [7, 11) is -2.94. The van der Waals surface area contributed by atoms with Gasteiger partial charge < -0.3 is 0 Å². The zero-order valence-corrected chi connectivity index (χ0v) is 10.1. The molecule has 13 heavy (non-hydrogen) atoms. The molecule has 0 aromatic rings. The summed E-state index contributed by atoms with van der Waals surface area (Å²) in [5.41, 5.74) is 0. The first-order chi connectivity index (χ1) is 5.54. The SMILES string of the molecule is CC[C@@H]1CCCN(S(C)(=O)=O)C1.S. The molecule has 0 N–H and O–H groups in total. The van der Waals surface area contributed by atoms with Crippen LogP contribution < -0.4 is 0 Å². The van der Waals surface area contributed by atoms with E-state index >= 15 is 0 Å². The second-order valence-corrected chi connectivity index (χ2v) is 5.52. The van der Waals surface area contributed by atoms with Crippen LogP contribution in [-0.2, 0) is 10.0 Å². The Morgan fingerprint density at radius 1 is 1.46 bits per heavy atom. The molecular formula is C8H19NO2S2. The summed E-state index contributed by atoms with van der Waals surface area (Å²) in [4.78, 5) is 0. The number of piperidine rings is 1. The van der Waals surface area contributed by atoms with Gasteiger partial charge in [0.15, 0.2) is 0 Å². The molecule has 0 aromatic carbocycles. The Morgan fingerprint density at radius 3 is 2.54 bits per heavy atom. The van der Waals surface area contributed by atoms with E-state index in [-0.39, 0.29) is 13.5 Å². The summed E-state index contributed by atoms with van der Waals surface area (Å²) in [5.74, 6) is 0.577. The van der Waals surface area contributed by atoms with Crippen LogP contribution in [0.2, 0.25) is 0 Å². The van der Waals surface area contributed by atoms with Crippen molar-refractivity contribution in [2.45, 2.75) is 26.2 Å². The zero-order valence-electron chi connectivity index (χ0n) is 8.28. The molecule has 80 valence electrons. The van der Waals surface area contributed by atoms with E-state index in [1.165, 1.54) is 12.7 Å². The molecule has 0 aliphatic carbocycles. The quantitative estimate of drug-likeness (QED) is 0.708. The second-order valence-electron chi connectivity index (χ2n) is 3.54. The monoisotopic (exact) mass is 225 g/mol. The number of hydrogen-bond donors (Lipinski definition) is 0. The van der Waals surface area contributed by atoms with Gasteiger partial charge in [0, 0.05) is 13.1 Å². The molecule has 5 heteroatoms. The second kappa shape index (κ2) is 5.22. The third-order valence-electron chi connectivity index (χ3n) is 2.53. The van der Waals surface area contributed by atoms with Crippen molar-refractivity contribution >= 4 is 23.5 Å². The van der Waals surface area contributed by atoms with Crippen molar-refractivity contribution in [1.29, 1.82) is 0 Å². The first-order valence-corrected chi connectivity index (χ1v) is 6.34. The van der Waals surface area contributed by atoms with Crippen LogP contribution in [0.3, 0.4) is 0 Å². The summed E-state index contributed by atoms with van der Waals surface area (Å²) in [6, 6.07) is 0. The summed E-state index contributed by atoms with van der Waals surface area (Å²) >= 11 is 0. The molecule has 0 radical (unpaired) electrons. The van der Waals surface area contributed by atoms with Crippen molar-refractivity contribution in [3.05, 3.63) is 0 Å². The minimum absolute atomic E-state index is 0. The standard InChI is InChI=1S/C8H17NO2S.H2S/c1-3-8-5-4-6-9(7-8)12(2,10)11;/h8H,3-7H2,1-2H3;1H2/t8-;/m1./s1. The Labute approximate surface area is 88.0 Å². The van der Waals surface area contributed by atoms with E-state index in [2.05, 4.69) is 6.92 Å². The van der Waals surface area contributed by atoms with Crippen LogP contribution in [0.5, 0.6) is 0 Å². The van der Waals surface area contributed by atoms with Gasteiger partial charge in [0.25, 0.3) is 0 Å². The highest BCUT2D eigenvalue weighted by atomic mass is 32.2. The van der Waals surface area contributed by atoms with E-state index in [0.29, 0.717) is 5.92 Å². The van der Waals surface area contributed by atoms with Crippen molar-refractivity contribution in [1.82, 2.24) is 4.31 Å². The van der Waals surface area contributed by atoms with E-state index < -0.39 is 10.0 Å². The minimum Gasteiger partial charge on any atom is -0.213 e. The number of sulfonamides is 1. The highest BCUT2D eigenvalue weighted by molar-refractivity contribution is 7.88. The molecule has 0 spiro atoms. The molecular weight excluding hydrogens is 206 g/mol. The van der Waals surface area contributed by atoms with Crippen LogP contribution >= 0.6 is 13.5 Å². The van der Waals surface area contributed by atoms with E-state index in [9.17, 15) is 8.42 Å². The molecule has 0 bridgehead atoms. The molecule has 0 aromatic heterocycles. The molecule has 0 unspecified atom stereocenters. The maximum absolute atomic E-state index is 11.2. The third kappa shape index (κ3) is 3.87. The predicted molar refractivity (Wildman–Crippen MR) is 59.8 cm³/mol. The van der Waals surface area contributed by atoms with Gasteiger partial charge in [-0.05, 0) is 18.8 Å². The summed E-state index contributed by atoms with van der Waals surface area (Å²) in [6.45, 7) is 3.57. The van der Waals surface area contributed by atoms with E-state index in [1.54, 1.807) is 4.31 Å². The maximum Gasteiger partial charge on any atom is 0.211 e. The van der Waals surface area contributed by atoms with Gasteiger partial charge in [-0.25, -0.2) is 12.7 Å².